The van der Waals surface area contributed by atoms with Gasteiger partial charge in [-0.15, -0.1) is 0 Å². The topological polar surface area (TPSA) is 73.5 Å². The quantitative estimate of drug-likeness (QED) is 0.812. The van der Waals surface area contributed by atoms with Crippen molar-refractivity contribution in [1.82, 2.24) is 0 Å². The number of methoxy groups -OCH3 is 1. The molecular weight excluding hydrogens is 314 g/mol. The summed E-state index contributed by atoms with van der Waals surface area (Å²) in [6.07, 6.45) is 4.62. The number of nitriles is 1. The number of hydrogen-bond donors (Lipinski definition) is 2. The van der Waals surface area contributed by atoms with Gasteiger partial charge in [-0.1, -0.05) is 24.6 Å². The lowest BCUT2D eigenvalue weighted by Crippen LogP contribution is -2.52. The number of ether oxygens (including phenoxy) is 1. The summed E-state index contributed by atoms with van der Waals surface area (Å²) < 4.78 is 5.35. The van der Waals surface area contributed by atoms with Crippen LogP contribution in [0, 0.1) is 22.7 Å². The smallest absolute Gasteiger partial charge is 0.119 e. The zero-order valence-corrected chi connectivity index (χ0v) is 14.8. The minimum absolute atomic E-state index is 0.00704. The van der Waals surface area contributed by atoms with E-state index >= 15 is 0 Å². The minimum Gasteiger partial charge on any atom is -0.497 e. The number of benzene rings is 1. The second-order valence-electron chi connectivity index (χ2n) is 8.04. The summed E-state index contributed by atoms with van der Waals surface area (Å²) in [5.74, 6) is 1.37. The average molecular weight is 339 g/mol. The van der Waals surface area contributed by atoms with Gasteiger partial charge in [-0.3, -0.25) is 0 Å². The minimum atomic E-state index is -1.31. The van der Waals surface area contributed by atoms with Gasteiger partial charge in [-0.05, 0) is 54.9 Å². The van der Waals surface area contributed by atoms with Crippen LogP contribution in [0.4, 0.5) is 0 Å². The molecule has 0 aliphatic heterocycles. The molecule has 0 saturated heterocycles. The van der Waals surface area contributed by atoms with Crippen molar-refractivity contribution < 1.29 is 14.9 Å². The van der Waals surface area contributed by atoms with Crippen LogP contribution in [-0.2, 0) is 6.42 Å². The molecule has 0 spiro atoms. The van der Waals surface area contributed by atoms with Crippen LogP contribution in [0.1, 0.15) is 49.7 Å². The summed E-state index contributed by atoms with van der Waals surface area (Å²) in [5.41, 5.74) is 2.26. The predicted octanol–water partition coefficient (Wildman–Crippen LogP) is 3.09. The van der Waals surface area contributed by atoms with Gasteiger partial charge in [0.2, 0.25) is 0 Å². The molecule has 0 amide bonds. The molecule has 2 saturated carbocycles. The molecule has 4 rings (SSSR count). The summed E-state index contributed by atoms with van der Waals surface area (Å²) in [6, 6.07) is 8.40. The Hall–Kier alpha value is -1.83. The molecule has 1 aromatic carbocycles. The number of nitrogens with zero attached hydrogens (tertiary/aromatic N) is 1. The van der Waals surface area contributed by atoms with E-state index in [2.05, 4.69) is 31.2 Å². The van der Waals surface area contributed by atoms with Gasteiger partial charge >= 0.3 is 0 Å². The number of fused-ring (bicyclic) bond motifs is 5. The van der Waals surface area contributed by atoms with Crippen molar-refractivity contribution in [2.24, 2.45) is 11.3 Å². The average Bonchev–Trinajstić information content (AvgIpc) is 2.82. The third-order valence-corrected chi connectivity index (χ3v) is 7.16. The van der Waals surface area contributed by atoms with E-state index in [1.807, 2.05) is 6.07 Å². The van der Waals surface area contributed by atoms with Crippen molar-refractivity contribution in [1.29, 1.82) is 5.26 Å². The number of allylic oxidation sites excluding steroid dienone is 2. The summed E-state index contributed by atoms with van der Waals surface area (Å²) in [6.45, 7) is 2.06. The molecule has 0 aromatic heterocycles. The molecule has 4 nitrogen and oxygen atoms in total. The Labute approximate surface area is 148 Å². The van der Waals surface area contributed by atoms with Gasteiger partial charge in [-0.2, -0.15) is 5.26 Å². The fourth-order valence-corrected chi connectivity index (χ4v) is 5.62. The van der Waals surface area contributed by atoms with E-state index in [9.17, 15) is 15.5 Å². The van der Waals surface area contributed by atoms with Crippen molar-refractivity contribution >= 4 is 0 Å². The lowest BCUT2D eigenvalue weighted by atomic mass is 9.56. The highest BCUT2D eigenvalue weighted by Crippen LogP contribution is 2.63. The number of hydrogen-bond acceptors (Lipinski definition) is 4. The number of aliphatic hydroxyl groups is 2. The van der Waals surface area contributed by atoms with Crippen LogP contribution in [0.2, 0.25) is 0 Å². The molecule has 1 aromatic rings. The van der Waals surface area contributed by atoms with E-state index < -0.39 is 17.1 Å². The maximum atomic E-state index is 11.2. The van der Waals surface area contributed by atoms with Crippen LogP contribution < -0.4 is 4.74 Å². The van der Waals surface area contributed by atoms with Crippen LogP contribution in [0.25, 0.3) is 0 Å². The summed E-state index contributed by atoms with van der Waals surface area (Å²) >= 11 is 0. The first-order valence-electron chi connectivity index (χ1n) is 9.09. The van der Waals surface area contributed by atoms with Crippen LogP contribution in [0.5, 0.6) is 5.75 Å². The monoisotopic (exact) mass is 339 g/mol. The third-order valence-electron chi connectivity index (χ3n) is 7.16. The van der Waals surface area contributed by atoms with Crippen molar-refractivity contribution in [3.63, 3.8) is 0 Å². The Morgan fingerprint density at radius 3 is 2.92 bits per heavy atom. The molecule has 2 fully saturated rings. The first-order valence-corrected chi connectivity index (χ1v) is 9.09. The van der Waals surface area contributed by atoms with Gasteiger partial charge in [0, 0.05) is 11.3 Å². The molecule has 132 valence electrons. The van der Waals surface area contributed by atoms with Crippen LogP contribution >= 0.6 is 0 Å². The lowest BCUT2D eigenvalue weighted by Gasteiger charge is -2.49. The first-order chi connectivity index (χ1) is 11.9. The van der Waals surface area contributed by atoms with Crippen molar-refractivity contribution in [3.8, 4) is 11.8 Å². The number of aliphatic hydroxyl groups excluding tert-OH is 1. The lowest BCUT2D eigenvalue weighted by molar-refractivity contribution is -0.125. The highest BCUT2D eigenvalue weighted by Gasteiger charge is 2.64. The highest BCUT2D eigenvalue weighted by molar-refractivity contribution is 5.48. The molecule has 0 unspecified atom stereocenters. The van der Waals surface area contributed by atoms with E-state index in [1.54, 1.807) is 7.11 Å². The third kappa shape index (κ3) is 2.12. The van der Waals surface area contributed by atoms with Gasteiger partial charge in [-0.25, -0.2) is 0 Å². The van der Waals surface area contributed by atoms with E-state index in [0.29, 0.717) is 12.3 Å². The maximum Gasteiger partial charge on any atom is 0.119 e. The zero-order valence-electron chi connectivity index (χ0n) is 14.8. The Morgan fingerprint density at radius 1 is 1.40 bits per heavy atom. The Morgan fingerprint density at radius 2 is 2.20 bits per heavy atom. The fraction of sp³-hybridized carbons (Fsp3) is 0.571. The largest absolute Gasteiger partial charge is 0.497 e. The fourth-order valence-electron chi connectivity index (χ4n) is 5.62. The van der Waals surface area contributed by atoms with Crippen molar-refractivity contribution in [2.45, 2.75) is 56.7 Å². The molecule has 4 heteroatoms. The first kappa shape index (κ1) is 16.6. The molecular formula is C21H25NO3. The Balaban J connectivity index is 1.73. The van der Waals surface area contributed by atoms with Gasteiger partial charge in [0.1, 0.15) is 11.4 Å². The van der Waals surface area contributed by atoms with E-state index in [1.165, 1.54) is 16.7 Å². The second-order valence-corrected chi connectivity index (χ2v) is 8.04. The molecule has 3 aliphatic carbocycles. The number of rotatable bonds is 2. The van der Waals surface area contributed by atoms with Crippen molar-refractivity contribution in [2.75, 3.05) is 7.11 Å². The predicted molar refractivity (Wildman–Crippen MR) is 94.2 cm³/mol. The van der Waals surface area contributed by atoms with Crippen molar-refractivity contribution in [3.05, 3.63) is 41.0 Å². The van der Waals surface area contributed by atoms with Crippen LogP contribution in [0.15, 0.2) is 29.8 Å². The molecule has 3 aliphatic rings. The standard InChI is InChI=1S/C21H25NO3/c1-20-8-7-16-15-6-4-14(25-2)11-13(15)3-5-17(16)18(20)12-19(23)21(20,24)9-10-22/h4-6,11,16,18-19,23-24H,3,7-9,12H2,1-2H3/t16-,18+,19-,20+,21+/m1/s1. The SMILES string of the molecule is COc1ccc2c(c1)CC=C1[C@@H]2CC[C@@]2(C)[C@H]1C[C@@H](O)[C@@]2(O)CC#N. The van der Waals surface area contributed by atoms with Gasteiger partial charge in [0.25, 0.3) is 0 Å². The van der Waals surface area contributed by atoms with Gasteiger partial charge in [0.05, 0.1) is 25.7 Å². The zero-order chi connectivity index (χ0) is 17.8. The Kier molecular flexibility index (Phi) is 3.72. The normalized spacial score (nSPS) is 38.8. The van der Waals surface area contributed by atoms with E-state index in [4.69, 9.17) is 4.74 Å². The summed E-state index contributed by atoms with van der Waals surface area (Å²) in [5, 5.41) is 30.9. The molecule has 0 radical (unpaired) electrons. The van der Waals surface area contributed by atoms with Gasteiger partial charge in [0.15, 0.2) is 0 Å². The van der Waals surface area contributed by atoms with Crippen LogP contribution in [-0.4, -0.2) is 29.0 Å². The highest BCUT2D eigenvalue weighted by atomic mass is 16.5. The second kappa shape index (κ2) is 5.59. The van der Waals surface area contributed by atoms with E-state index in [-0.39, 0.29) is 12.3 Å². The maximum absolute atomic E-state index is 11.2. The van der Waals surface area contributed by atoms with Crippen LogP contribution in [0.3, 0.4) is 0 Å². The van der Waals surface area contributed by atoms with Gasteiger partial charge < -0.3 is 14.9 Å². The van der Waals surface area contributed by atoms with E-state index in [0.717, 1.165) is 25.0 Å². The molecule has 25 heavy (non-hydrogen) atoms. The molecule has 5 atom stereocenters. The Bertz CT molecular complexity index is 780. The summed E-state index contributed by atoms with van der Waals surface area (Å²) in [4.78, 5) is 0. The molecule has 0 heterocycles. The molecule has 2 N–H and O–H groups in total. The summed E-state index contributed by atoms with van der Waals surface area (Å²) in [7, 11) is 1.69. The molecule has 0 bridgehead atoms.